The van der Waals surface area contributed by atoms with Crippen molar-refractivity contribution in [3.05, 3.63) is 29.8 Å². The zero-order valence-electron chi connectivity index (χ0n) is 15.2. The number of ether oxygens (including phenoxy) is 1. The van der Waals surface area contributed by atoms with Crippen LogP contribution in [0, 0.1) is 5.92 Å². The van der Waals surface area contributed by atoms with Crippen molar-refractivity contribution in [2.45, 2.75) is 30.8 Å². The lowest BCUT2D eigenvalue weighted by Crippen LogP contribution is -2.42. The van der Waals surface area contributed by atoms with E-state index in [-0.39, 0.29) is 5.91 Å². The molecule has 0 aromatic heterocycles. The maximum atomic E-state index is 12.7. The van der Waals surface area contributed by atoms with Crippen molar-refractivity contribution in [3.63, 3.8) is 0 Å². The van der Waals surface area contributed by atoms with E-state index in [1.54, 1.807) is 4.90 Å². The van der Waals surface area contributed by atoms with Gasteiger partial charge in [-0.25, -0.2) is 8.42 Å². The lowest BCUT2D eigenvalue weighted by atomic mass is 10.0. The molecular weight excluding hydrogens is 401 g/mol. The minimum absolute atomic E-state index is 0.354. The molecule has 1 saturated heterocycles. The number of halogens is 3. The van der Waals surface area contributed by atoms with E-state index in [1.807, 2.05) is 11.6 Å². The number of hydrogen-bond donors (Lipinski definition) is 1. The third-order valence-electron chi connectivity index (χ3n) is 4.24. The summed E-state index contributed by atoms with van der Waals surface area (Å²) in [7, 11) is -4.35. The van der Waals surface area contributed by atoms with Crippen LogP contribution in [-0.4, -0.2) is 51.4 Å². The minimum Gasteiger partial charge on any atom is -0.455 e. The van der Waals surface area contributed by atoms with E-state index in [1.165, 1.54) is 0 Å². The van der Waals surface area contributed by atoms with E-state index in [0.29, 0.717) is 25.1 Å². The van der Waals surface area contributed by atoms with Crippen LogP contribution < -0.4 is 4.72 Å². The molecule has 1 aliphatic rings. The molecule has 28 heavy (non-hydrogen) atoms. The number of rotatable bonds is 6. The highest BCUT2D eigenvalue weighted by Gasteiger charge is 2.31. The molecule has 1 aromatic carbocycles. The Bertz CT molecular complexity index is 826. The fraction of sp³-hybridized carbons (Fsp3) is 0.529. The maximum absolute atomic E-state index is 12.7. The number of nitrogens with zero attached hydrogens (tertiary/aromatic N) is 1. The molecule has 0 bridgehead atoms. The van der Waals surface area contributed by atoms with E-state index in [4.69, 9.17) is 4.74 Å². The number of hydrogen-bond acceptors (Lipinski definition) is 5. The number of amides is 1. The molecule has 7 nitrogen and oxygen atoms in total. The number of carbonyl (C=O) groups excluding carboxylic acids is 2. The lowest BCUT2D eigenvalue weighted by Gasteiger charge is -2.30. The van der Waals surface area contributed by atoms with Crippen LogP contribution in [0.15, 0.2) is 29.2 Å². The predicted octanol–water partition coefficient (Wildman–Crippen LogP) is 1.79. The zero-order valence-corrected chi connectivity index (χ0v) is 16.0. The Morgan fingerprint density at radius 2 is 2.04 bits per heavy atom. The fourth-order valence-corrected chi connectivity index (χ4v) is 3.79. The number of benzene rings is 1. The topological polar surface area (TPSA) is 92.8 Å². The quantitative estimate of drug-likeness (QED) is 0.706. The number of nitrogens with one attached hydrogen (secondary N) is 1. The lowest BCUT2D eigenvalue weighted by molar-refractivity contribution is -0.151. The Balaban J connectivity index is 1.87. The monoisotopic (exact) mass is 422 g/mol. The summed E-state index contributed by atoms with van der Waals surface area (Å²) >= 11 is 0. The van der Waals surface area contributed by atoms with Crippen LogP contribution in [0.5, 0.6) is 0 Å². The van der Waals surface area contributed by atoms with Gasteiger partial charge in [0.25, 0.3) is 5.91 Å². The number of esters is 1. The van der Waals surface area contributed by atoms with Gasteiger partial charge in [0.1, 0.15) is 6.54 Å². The molecule has 11 heteroatoms. The smallest absolute Gasteiger partial charge is 0.416 e. The molecule has 0 radical (unpaired) electrons. The van der Waals surface area contributed by atoms with Gasteiger partial charge in [0.05, 0.1) is 10.5 Å². The van der Waals surface area contributed by atoms with E-state index >= 15 is 0 Å². The summed E-state index contributed by atoms with van der Waals surface area (Å²) in [5.41, 5.74) is -1.13. The molecular formula is C17H21F3N2O5S. The van der Waals surface area contributed by atoms with Crippen LogP contribution in [-0.2, 0) is 30.5 Å². The zero-order chi connectivity index (χ0) is 20.9. The average Bonchev–Trinajstić information content (AvgIpc) is 2.64. The molecule has 1 aliphatic heterocycles. The maximum Gasteiger partial charge on any atom is 0.416 e. The van der Waals surface area contributed by atoms with Gasteiger partial charge < -0.3 is 9.64 Å². The summed E-state index contributed by atoms with van der Waals surface area (Å²) in [5, 5.41) is 0. The number of carbonyl (C=O) groups is 2. The second-order valence-corrected chi connectivity index (χ2v) is 8.36. The van der Waals surface area contributed by atoms with Gasteiger partial charge in [-0.1, -0.05) is 13.0 Å². The van der Waals surface area contributed by atoms with Gasteiger partial charge in [0, 0.05) is 13.1 Å². The van der Waals surface area contributed by atoms with Gasteiger partial charge in [-0.05, 0) is 37.0 Å². The Labute approximate surface area is 160 Å². The average molecular weight is 422 g/mol. The third-order valence-corrected chi connectivity index (χ3v) is 5.64. The minimum atomic E-state index is -4.70. The van der Waals surface area contributed by atoms with Crippen LogP contribution in [0.25, 0.3) is 0 Å². The molecule has 0 aliphatic carbocycles. The molecule has 0 saturated carbocycles. The number of likely N-dealkylation sites (tertiary alicyclic amines) is 1. The first kappa shape index (κ1) is 22.2. The van der Waals surface area contributed by atoms with Crippen molar-refractivity contribution >= 4 is 21.9 Å². The van der Waals surface area contributed by atoms with Crippen LogP contribution in [0.1, 0.15) is 25.3 Å². The first-order chi connectivity index (χ1) is 13.0. The second kappa shape index (κ2) is 8.91. The summed E-state index contributed by atoms with van der Waals surface area (Å²) in [4.78, 5) is 24.7. The molecule has 1 fully saturated rings. The summed E-state index contributed by atoms with van der Waals surface area (Å²) in [6, 6.07) is 3.13. The Morgan fingerprint density at radius 1 is 1.32 bits per heavy atom. The van der Waals surface area contributed by atoms with E-state index < -0.39 is 45.8 Å². The first-order valence-electron chi connectivity index (χ1n) is 8.59. The van der Waals surface area contributed by atoms with Crippen molar-refractivity contribution < 1.29 is 35.9 Å². The van der Waals surface area contributed by atoms with Crippen LogP contribution in [0.2, 0.25) is 0 Å². The summed E-state index contributed by atoms with van der Waals surface area (Å²) in [6.45, 7) is 1.83. The summed E-state index contributed by atoms with van der Waals surface area (Å²) in [6.07, 6.45) is -2.82. The SMILES string of the molecule is CC1CCCN(C(=O)COC(=O)CNS(=O)(=O)c2cccc(C(F)(F)F)c2)C1. The van der Waals surface area contributed by atoms with E-state index in [0.717, 1.165) is 31.0 Å². The number of piperidine rings is 1. The summed E-state index contributed by atoms with van der Waals surface area (Å²) in [5.74, 6) is -1.03. The largest absolute Gasteiger partial charge is 0.455 e. The predicted molar refractivity (Wildman–Crippen MR) is 92.6 cm³/mol. The van der Waals surface area contributed by atoms with Crippen LogP contribution in [0.4, 0.5) is 13.2 Å². The number of sulfonamides is 1. The van der Waals surface area contributed by atoms with Gasteiger partial charge in [0.2, 0.25) is 10.0 Å². The first-order valence-corrected chi connectivity index (χ1v) is 10.1. The number of alkyl halides is 3. The van der Waals surface area contributed by atoms with Crippen molar-refractivity contribution in [2.75, 3.05) is 26.2 Å². The van der Waals surface area contributed by atoms with E-state index in [9.17, 15) is 31.2 Å². The van der Waals surface area contributed by atoms with Gasteiger partial charge in [-0.15, -0.1) is 0 Å². The normalized spacial score (nSPS) is 18.0. The van der Waals surface area contributed by atoms with Crippen molar-refractivity contribution in [1.29, 1.82) is 0 Å². The molecule has 1 atom stereocenters. The molecule has 1 amide bonds. The van der Waals surface area contributed by atoms with Crippen LogP contribution >= 0.6 is 0 Å². The Hall–Kier alpha value is -2.14. The van der Waals surface area contributed by atoms with Crippen molar-refractivity contribution in [3.8, 4) is 0 Å². The molecule has 2 rings (SSSR count). The van der Waals surface area contributed by atoms with Gasteiger partial charge in [-0.2, -0.15) is 17.9 Å². The Morgan fingerprint density at radius 3 is 2.68 bits per heavy atom. The fourth-order valence-electron chi connectivity index (χ4n) is 2.78. The van der Waals surface area contributed by atoms with Crippen molar-refractivity contribution in [1.82, 2.24) is 9.62 Å². The standard InChI is InChI=1S/C17H21F3N2O5S/c1-12-4-3-7-22(10-12)15(23)11-27-16(24)9-21-28(25,26)14-6-2-5-13(8-14)17(18,19)20/h2,5-6,8,12,21H,3-4,7,9-11H2,1H3. The highest BCUT2D eigenvalue weighted by molar-refractivity contribution is 7.89. The molecule has 1 aromatic rings. The van der Waals surface area contributed by atoms with Gasteiger partial charge in [0.15, 0.2) is 6.61 Å². The molecule has 1 N–H and O–H groups in total. The summed E-state index contributed by atoms with van der Waals surface area (Å²) < 4.78 is 68.9. The van der Waals surface area contributed by atoms with Gasteiger partial charge >= 0.3 is 12.1 Å². The van der Waals surface area contributed by atoms with Crippen molar-refractivity contribution in [2.24, 2.45) is 5.92 Å². The second-order valence-electron chi connectivity index (χ2n) is 6.60. The molecule has 156 valence electrons. The molecule has 0 spiro atoms. The van der Waals surface area contributed by atoms with Gasteiger partial charge in [-0.3, -0.25) is 9.59 Å². The highest BCUT2D eigenvalue weighted by Crippen LogP contribution is 2.30. The van der Waals surface area contributed by atoms with Crippen LogP contribution in [0.3, 0.4) is 0 Å². The van der Waals surface area contributed by atoms with E-state index in [2.05, 4.69) is 0 Å². The highest BCUT2D eigenvalue weighted by atomic mass is 32.2. The third kappa shape index (κ3) is 6.20. The molecule has 1 heterocycles. The Kier molecular flexibility index (Phi) is 7.05. The molecule has 1 unspecified atom stereocenters.